The van der Waals surface area contributed by atoms with Gasteiger partial charge in [0.15, 0.2) is 11.3 Å². The smallest absolute Gasteiger partial charge is 0.289 e. The van der Waals surface area contributed by atoms with Crippen LogP contribution in [0.3, 0.4) is 0 Å². The molecule has 1 saturated heterocycles. The van der Waals surface area contributed by atoms with E-state index in [1.165, 1.54) is 0 Å². The zero-order valence-corrected chi connectivity index (χ0v) is 14.8. The SMILES string of the molecule is Cc1ccc2oc(C(=O)N3CCC[C@@H]3Cn3nc(C)cc3C)cc2n1. The molecular formula is C19H22N4O2. The van der Waals surface area contributed by atoms with E-state index in [9.17, 15) is 4.79 Å². The molecule has 0 spiro atoms. The maximum Gasteiger partial charge on any atom is 0.289 e. The van der Waals surface area contributed by atoms with E-state index in [0.717, 1.165) is 48.5 Å². The summed E-state index contributed by atoms with van der Waals surface area (Å²) in [4.78, 5) is 19.3. The second-order valence-electron chi connectivity index (χ2n) is 6.85. The minimum atomic E-state index is -0.0558. The van der Waals surface area contributed by atoms with E-state index in [-0.39, 0.29) is 11.9 Å². The Bertz CT molecular complexity index is 940. The minimum Gasteiger partial charge on any atom is -0.449 e. The number of amides is 1. The van der Waals surface area contributed by atoms with Gasteiger partial charge in [0.25, 0.3) is 5.91 Å². The third-order valence-electron chi connectivity index (χ3n) is 4.85. The maximum atomic E-state index is 13.0. The number of fused-ring (bicyclic) bond motifs is 1. The van der Waals surface area contributed by atoms with Crippen LogP contribution in [0.15, 0.2) is 28.7 Å². The van der Waals surface area contributed by atoms with Crippen molar-refractivity contribution in [2.45, 2.75) is 46.2 Å². The highest BCUT2D eigenvalue weighted by atomic mass is 16.3. The molecule has 3 aromatic heterocycles. The molecule has 3 aromatic rings. The number of carbonyl (C=O) groups is 1. The number of hydrogen-bond acceptors (Lipinski definition) is 4. The molecule has 1 aliphatic rings. The van der Waals surface area contributed by atoms with Crippen molar-refractivity contribution in [1.82, 2.24) is 19.7 Å². The third-order valence-corrected chi connectivity index (χ3v) is 4.85. The molecule has 0 unspecified atom stereocenters. The highest BCUT2D eigenvalue weighted by Crippen LogP contribution is 2.25. The number of rotatable bonds is 3. The van der Waals surface area contributed by atoms with Gasteiger partial charge in [-0.2, -0.15) is 5.10 Å². The number of carbonyl (C=O) groups excluding carboxylic acids is 1. The molecule has 0 aromatic carbocycles. The summed E-state index contributed by atoms with van der Waals surface area (Å²) in [5.41, 5.74) is 4.43. The molecule has 0 N–H and O–H groups in total. The lowest BCUT2D eigenvalue weighted by Gasteiger charge is -2.24. The lowest BCUT2D eigenvalue weighted by molar-refractivity contribution is 0.0691. The number of likely N-dealkylation sites (tertiary alicyclic amines) is 1. The van der Waals surface area contributed by atoms with Crippen LogP contribution in [-0.4, -0.2) is 38.2 Å². The van der Waals surface area contributed by atoms with Gasteiger partial charge in [-0.15, -0.1) is 0 Å². The summed E-state index contributed by atoms with van der Waals surface area (Å²) >= 11 is 0. The molecule has 0 saturated carbocycles. The standard InChI is InChI=1S/C19H22N4O2/c1-12-6-7-17-16(20-12)10-18(25-17)19(24)22-8-4-5-15(22)11-23-14(3)9-13(2)21-23/h6-7,9-10,15H,4-5,8,11H2,1-3H3/t15-/m1/s1. The van der Waals surface area contributed by atoms with Gasteiger partial charge in [-0.1, -0.05) is 0 Å². The quantitative estimate of drug-likeness (QED) is 0.735. The highest BCUT2D eigenvalue weighted by molar-refractivity contribution is 5.95. The van der Waals surface area contributed by atoms with Crippen LogP contribution >= 0.6 is 0 Å². The van der Waals surface area contributed by atoms with Gasteiger partial charge >= 0.3 is 0 Å². The third kappa shape index (κ3) is 2.92. The molecule has 25 heavy (non-hydrogen) atoms. The maximum absolute atomic E-state index is 13.0. The fourth-order valence-corrected chi connectivity index (χ4v) is 3.63. The molecule has 0 bridgehead atoms. The van der Waals surface area contributed by atoms with E-state index in [0.29, 0.717) is 11.3 Å². The second-order valence-corrected chi connectivity index (χ2v) is 6.85. The number of furan rings is 1. The van der Waals surface area contributed by atoms with Crippen molar-refractivity contribution in [3.05, 3.63) is 47.1 Å². The number of aryl methyl sites for hydroxylation is 3. The van der Waals surface area contributed by atoms with Crippen molar-refractivity contribution in [3.63, 3.8) is 0 Å². The summed E-state index contributed by atoms with van der Waals surface area (Å²) < 4.78 is 7.74. The van der Waals surface area contributed by atoms with Crippen molar-refractivity contribution >= 4 is 17.0 Å². The van der Waals surface area contributed by atoms with Crippen LogP contribution in [-0.2, 0) is 6.54 Å². The Hall–Kier alpha value is -2.63. The van der Waals surface area contributed by atoms with Crippen LogP contribution in [0.25, 0.3) is 11.1 Å². The molecule has 6 nitrogen and oxygen atoms in total. The van der Waals surface area contributed by atoms with Gasteiger partial charge < -0.3 is 9.32 Å². The van der Waals surface area contributed by atoms with Crippen molar-refractivity contribution < 1.29 is 9.21 Å². The first-order chi connectivity index (χ1) is 12.0. The lowest BCUT2D eigenvalue weighted by Crippen LogP contribution is -2.38. The van der Waals surface area contributed by atoms with Crippen molar-refractivity contribution in [1.29, 1.82) is 0 Å². The average molecular weight is 338 g/mol. The molecular weight excluding hydrogens is 316 g/mol. The summed E-state index contributed by atoms with van der Waals surface area (Å²) in [5, 5.41) is 4.53. The first-order valence-electron chi connectivity index (χ1n) is 8.70. The van der Waals surface area contributed by atoms with Crippen molar-refractivity contribution in [2.75, 3.05) is 6.54 Å². The van der Waals surface area contributed by atoms with Gasteiger partial charge in [-0.3, -0.25) is 9.48 Å². The molecule has 130 valence electrons. The van der Waals surface area contributed by atoms with Crippen LogP contribution in [0.1, 0.15) is 40.5 Å². The summed E-state index contributed by atoms with van der Waals surface area (Å²) in [5.74, 6) is 0.313. The summed E-state index contributed by atoms with van der Waals surface area (Å²) in [6.07, 6.45) is 2.00. The Kier molecular flexibility index (Phi) is 3.82. The first-order valence-corrected chi connectivity index (χ1v) is 8.70. The predicted octanol–water partition coefficient (Wildman–Crippen LogP) is 3.25. The molecule has 0 radical (unpaired) electrons. The Morgan fingerprint density at radius 1 is 1.24 bits per heavy atom. The molecule has 4 heterocycles. The van der Waals surface area contributed by atoms with E-state index < -0.39 is 0 Å². The van der Waals surface area contributed by atoms with Crippen LogP contribution in [0, 0.1) is 20.8 Å². The zero-order chi connectivity index (χ0) is 17.6. The molecule has 0 aliphatic carbocycles. The lowest BCUT2D eigenvalue weighted by atomic mass is 10.2. The fraction of sp³-hybridized carbons (Fsp3) is 0.421. The van der Waals surface area contributed by atoms with Crippen LogP contribution in [0.2, 0.25) is 0 Å². The number of pyridine rings is 1. The summed E-state index contributed by atoms with van der Waals surface area (Å²) in [6.45, 7) is 7.45. The zero-order valence-electron chi connectivity index (χ0n) is 14.8. The van der Waals surface area contributed by atoms with Gasteiger partial charge in [0.05, 0.1) is 18.3 Å². The van der Waals surface area contributed by atoms with E-state index in [1.54, 1.807) is 6.07 Å². The van der Waals surface area contributed by atoms with E-state index >= 15 is 0 Å². The summed E-state index contributed by atoms with van der Waals surface area (Å²) in [7, 11) is 0. The fourth-order valence-electron chi connectivity index (χ4n) is 3.63. The van der Waals surface area contributed by atoms with E-state index in [2.05, 4.69) is 16.1 Å². The van der Waals surface area contributed by atoms with Crippen molar-refractivity contribution in [2.24, 2.45) is 0 Å². The molecule has 1 atom stereocenters. The Morgan fingerprint density at radius 2 is 2.08 bits per heavy atom. The van der Waals surface area contributed by atoms with Gasteiger partial charge in [0.1, 0.15) is 5.52 Å². The Balaban J connectivity index is 1.58. The number of nitrogens with zero attached hydrogens (tertiary/aromatic N) is 4. The van der Waals surface area contributed by atoms with Crippen LogP contribution in [0.5, 0.6) is 0 Å². The average Bonchev–Trinajstić information content (AvgIpc) is 3.26. The highest BCUT2D eigenvalue weighted by Gasteiger charge is 2.32. The topological polar surface area (TPSA) is 64.2 Å². The molecule has 1 fully saturated rings. The first kappa shape index (κ1) is 15.9. The molecule has 1 aliphatic heterocycles. The van der Waals surface area contributed by atoms with E-state index in [1.807, 2.05) is 42.5 Å². The largest absolute Gasteiger partial charge is 0.449 e. The number of aromatic nitrogens is 3. The minimum absolute atomic E-state index is 0.0558. The van der Waals surface area contributed by atoms with E-state index in [4.69, 9.17) is 4.42 Å². The monoisotopic (exact) mass is 338 g/mol. The Labute approximate surface area is 146 Å². The summed E-state index contributed by atoms with van der Waals surface area (Å²) in [6, 6.07) is 7.72. The van der Waals surface area contributed by atoms with Gasteiger partial charge in [0, 0.05) is 24.0 Å². The Morgan fingerprint density at radius 3 is 2.84 bits per heavy atom. The van der Waals surface area contributed by atoms with Gasteiger partial charge in [0.2, 0.25) is 0 Å². The van der Waals surface area contributed by atoms with Gasteiger partial charge in [-0.25, -0.2) is 4.98 Å². The van der Waals surface area contributed by atoms with Crippen LogP contribution < -0.4 is 0 Å². The van der Waals surface area contributed by atoms with Crippen molar-refractivity contribution in [3.8, 4) is 0 Å². The second kappa shape index (κ2) is 6.02. The predicted molar refractivity (Wildman–Crippen MR) is 94.5 cm³/mol. The normalized spacial score (nSPS) is 17.6. The number of hydrogen-bond donors (Lipinski definition) is 0. The van der Waals surface area contributed by atoms with Gasteiger partial charge in [-0.05, 0) is 51.8 Å². The molecule has 4 rings (SSSR count). The molecule has 1 amide bonds. The van der Waals surface area contributed by atoms with Crippen LogP contribution in [0.4, 0.5) is 0 Å². The molecule has 6 heteroatoms.